The highest BCUT2D eigenvalue weighted by atomic mass is 19.4. The average molecular weight is 413 g/mol. The van der Waals surface area contributed by atoms with Crippen molar-refractivity contribution < 1.29 is 17.9 Å². The van der Waals surface area contributed by atoms with Gasteiger partial charge in [-0.15, -0.1) is 0 Å². The number of nitrogens with one attached hydrogen (secondary N) is 2. The number of hydrogen-bond acceptors (Lipinski definition) is 4. The van der Waals surface area contributed by atoms with Gasteiger partial charge in [0.15, 0.2) is 5.96 Å². The molecule has 6 nitrogen and oxygen atoms in total. The Hall–Kier alpha value is -2.03. The summed E-state index contributed by atoms with van der Waals surface area (Å²) >= 11 is 0. The van der Waals surface area contributed by atoms with Crippen LogP contribution in [0.4, 0.5) is 13.2 Å². The third-order valence-electron chi connectivity index (χ3n) is 5.34. The lowest BCUT2D eigenvalue weighted by atomic mass is 9.98. The molecule has 1 saturated carbocycles. The molecule has 1 saturated heterocycles. The van der Waals surface area contributed by atoms with E-state index in [1.807, 2.05) is 12.1 Å². The molecule has 0 aromatic carbocycles. The van der Waals surface area contributed by atoms with E-state index >= 15 is 0 Å². The fraction of sp³-hybridized carbons (Fsp3) is 0.700. The summed E-state index contributed by atoms with van der Waals surface area (Å²) in [6.45, 7) is 0.447. The number of hydrogen-bond donors (Lipinski definition) is 2. The van der Waals surface area contributed by atoms with Gasteiger partial charge < -0.3 is 15.4 Å². The third-order valence-corrected chi connectivity index (χ3v) is 5.34. The van der Waals surface area contributed by atoms with Gasteiger partial charge in [0.2, 0.25) is 5.88 Å². The fourth-order valence-corrected chi connectivity index (χ4v) is 3.86. The van der Waals surface area contributed by atoms with Gasteiger partial charge in [-0.05, 0) is 37.7 Å². The van der Waals surface area contributed by atoms with E-state index in [2.05, 4.69) is 20.6 Å². The van der Waals surface area contributed by atoms with Crippen molar-refractivity contribution in [1.82, 2.24) is 20.5 Å². The number of halogens is 3. The highest BCUT2D eigenvalue weighted by Gasteiger charge is 2.34. The minimum Gasteiger partial charge on any atom is -0.474 e. The number of nitrogens with zero attached hydrogens (tertiary/aromatic N) is 3. The molecule has 1 unspecified atom stereocenters. The van der Waals surface area contributed by atoms with Crippen molar-refractivity contribution in [2.24, 2.45) is 4.99 Å². The van der Waals surface area contributed by atoms with Crippen LogP contribution in [0, 0.1) is 0 Å². The largest absolute Gasteiger partial charge is 0.474 e. The number of guanidine groups is 1. The predicted molar refractivity (Wildman–Crippen MR) is 106 cm³/mol. The molecule has 0 amide bonds. The number of aromatic nitrogens is 1. The quantitative estimate of drug-likeness (QED) is 0.554. The van der Waals surface area contributed by atoms with Crippen LogP contribution in [-0.4, -0.2) is 60.8 Å². The van der Waals surface area contributed by atoms with Gasteiger partial charge >= 0.3 is 6.18 Å². The Bertz CT molecular complexity index is 659. The molecule has 1 aliphatic carbocycles. The Morgan fingerprint density at radius 3 is 2.69 bits per heavy atom. The van der Waals surface area contributed by atoms with Crippen molar-refractivity contribution in [3.8, 4) is 5.88 Å². The molecule has 0 spiro atoms. The third kappa shape index (κ3) is 7.38. The summed E-state index contributed by atoms with van der Waals surface area (Å²) in [7, 11) is 1.65. The lowest BCUT2D eigenvalue weighted by Gasteiger charge is -2.22. The minimum atomic E-state index is -4.16. The van der Waals surface area contributed by atoms with E-state index in [9.17, 15) is 13.2 Å². The maximum atomic E-state index is 12.5. The van der Waals surface area contributed by atoms with Gasteiger partial charge in [-0.3, -0.25) is 9.89 Å². The molecule has 0 bridgehead atoms. The molecule has 2 fully saturated rings. The van der Waals surface area contributed by atoms with Crippen LogP contribution in [-0.2, 0) is 6.54 Å². The second kappa shape index (κ2) is 10.1. The number of aliphatic imine (C=N–C) groups is 1. The van der Waals surface area contributed by atoms with Gasteiger partial charge in [0, 0.05) is 45.0 Å². The molecule has 2 aliphatic rings. The Labute approximate surface area is 169 Å². The van der Waals surface area contributed by atoms with Crippen LogP contribution < -0.4 is 15.4 Å². The minimum absolute atomic E-state index is 0.0482. The number of ether oxygens (including phenoxy) is 1. The molecule has 1 aromatic rings. The molecule has 1 aliphatic heterocycles. The van der Waals surface area contributed by atoms with Crippen molar-refractivity contribution in [1.29, 1.82) is 0 Å². The van der Waals surface area contributed by atoms with E-state index in [-0.39, 0.29) is 12.1 Å². The number of pyridine rings is 1. The highest BCUT2D eigenvalue weighted by molar-refractivity contribution is 5.80. The second-order valence-electron chi connectivity index (χ2n) is 7.79. The van der Waals surface area contributed by atoms with Crippen LogP contribution in [0.2, 0.25) is 0 Å². The van der Waals surface area contributed by atoms with Crippen LogP contribution in [0.15, 0.2) is 23.3 Å². The van der Waals surface area contributed by atoms with E-state index in [4.69, 9.17) is 4.74 Å². The Morgan fingerprint density at radius 1 is 1.24 bits per heavy atom. The molecule has 0 radical (unpaired) electrons. The van der Waals surface area contributed by atoms with Crippen molar-refractivity contribution in [2.45, 2.75) is 63.4 Å². The van der Waals surface area contributed by atoms with E-state index in [1.54, 1.807) is 13.2 Å². The van der Waals surface area contributed by atoms with Crippen LogP contribution in [0.5, 0.6) is 5.88 Å². The first-order valence-corrected chi connectivity index (χ1v) is 10.3. The molecule has 2 heterocycles. The number of likely N-dealkylation sites (tertiary alicyclic amines) is 1. The fourth-order valence-electron chi connectivity index (χ4n) is 3.86. The summed E-state index contributed by atoms with van der Waals surface area (Å²) in [5.41, 5.74) is 0.981. The SMILES string of the molecule is CN=C(NCc1ccc(OC2CCCCC2)nc1)NC1CCN(CC(F)(F)F)C1. The summed E-state index contributed by atoms with van der Waals surface area (Å²) in [5.74, 6) is 1.23. The lowest BCUT2D eigenvalue weighted by molar-refractivity contribution is -0.143. The monoisotopic (exact) mass is 413 g/mol. The lowest BCUT2D eigenvalue weighted by Crippen LogP contribution is -2.44. The zero-order chi connectivity index (χ0) is 20.7. The van der Waals surface area contributed by atoms with Gasteiger partial charge in [0.05, 0.1) is 6.54 Å². The Morgan fingerprint density at radius 2 is 2.03 bits per heavy atom. The first kappa shape index (κ1) is 21.7. The standard InChI is InChI=1S/C20H30F3N5O/c1-24-19(27-16-9-10-28(13-16)14-20(21,22)23)26-12-15-7-8-18(25-11-15)29-17-5-3-2-4-6-17/h7-8,11,16-17H,2-6,9-10,12-14H2,1H3,(H2,24,26,27). The van der Waals surface area contributed by atoms with Crippen LogP contribution in [0.25, 0.3) is 0 Å². The van der Waals surface area contributed by atoms with Crippen molar-refractivity contribution in [3.63, 3.8) is 0 Å². The number of alkyl halides is 3. The molecular formula is C20H30F3N5O. The molecule has 3 rings (SSSR count). The van der Waals surface area contributed by atoms with E-state index in [1.165, 1.54) is 24.2 Å². The zero-order valence-corrected chi connectivity index (χ0v) is 16.8. The molecule has 2 N–H and O–H groups in total. The average Bonchev–Trinajstić information content (AvgIpc) is 3.12. The highest BCUT2D eigenvalue weighted by Crippen LogP contribution is 2.22. The smallest absolute Gasteiger partial charge is 0.401 e. The van der Waals surface area contributed by atoms with E-state index in [0.717, 1.165) is 18.4 Å². The first-order chi connectivity index (χ1) is 13.9. The topological polar surface area (TPSA) is 61.8 Å². The Balaban J connectivity index is 1.41. The summed E-state index contributed by atoms with van der Waals surface area (Å²) < 4.78 is 43.5. The van der Waals surface area contributed by atoms with E-state index < -0.39 is 12.7 Å². The summed E-state index contributed by atoms with van der Waals surface area (Å²) in [6.07, 6.45) is 4.45. The maximum absolute atomic E-state index is 12.5. The molecular weight excluding hydrogens is 383 g/mol. The van der Waals surface area contributed by atoms with Crippen LogP contribution in [0.1, 0.15) is 44.1 Å². The maximum Gasteiger partial charge on any atom is 0.401 e. The summed E-state index contributed by atoms with van der Waals surface area (Å²) in [4.78, 5) is 9.97. The predicted octanol–water partition coefficient (Wildman–Crippen LogP) is 3.09. The van der Waals surface area contributed by atoms with Gasteiger partial charge in [-0.2, -0.15) is 13.2 Å². The molecule has 1 aromatic heterocycles. The van der Waals surface area contributed by atoms with Gasteiger partial charge in [-0.1, -0.05) is 12.5 Å². The molecule has 9 heteroatoms. The Kier molecular flexibility index (Phi) is 7.57. The molecule has 1 atom stereocenters. The molecule has 162 valence electrons. The zero-order valence-electron chi connectivity index (χ0n) is 16.8. The van der Waals surface area contributed by atoms with Gasteiger partial charge in [0.1, 0.15) is 6.10 Å². The second-order valence-corrected chi connectivity index (χ2v) is 7.79. The van der Waals surface area contributed by atoms with Crippen LogP contribution in [0.3, 0.4) is 0 Å². The van der Waals surface area contributed by atoms with Crippen molar-refractivity contribution in [3.05, 3.63) is 23.9 Å². The summed E-state index contributed by atoms with van der Waals surface area (Å²) in [5, 5.41) is 6.40. The van der Waals surface area contributed by atoms with Gasteiger partial charge in [-0.25, -0.2) is 4.98 Å². The number of rotatable bonds is 6. The van der Waals surface area contributed by atoms with Gasteiger partial charge in [0.25, 0.3) is 0 Å². The summed E-state index contributed by atoms with van der Waals surface area (Å²) in [6, 6.07) is 3.80. The van der Waals surface area contributed by atoms with E-state index in [0.29, 0.717) is 37.9 Å². The first-order valence-electron chi connectivity index (χ1n) is 10.3. The van der Waals surface area contributed by atoms with Crippen LogP contribution >= 0.6 is 0 Å². The normalized spacial score (nSPS) is 21.9. The van der Waals surface area contributed by atoms with Crippen molar-refractivity contribution >= 4 is 5.96 Å². The van der Waals surface area contributed by atoms with Crippen molar-refractivity contribution in [2.75, 3.05) is 26.7 Å². The molecule has 29 heavy (non-hydrogen) atoms.